The van der Waals surface area contributed by atoms with E-state index in [2.05, 4.69) is 112 Å². The molecule has 0 fully saturated rings. The first-order valence-electron chi connectivity index (χ1n) is 9.61. The third-order valence-corrected chi connectivity index (χ3v) is 14.7. The summed E-state index contributed by atoms with van der Waals surface area (Å²) < 4.78 is 0. The predicted molar refractivity (Wildman–Crippen MR) is 121 cm³/mol. The Hall–Kier alpha value is -2.21. The second-order valence-corrected chi connectivity index (χ2v) is 16.0. The van der Waals surface area contributed by atoms with Gasteiger partial charge in [0.25, 0.3) is 0 Å². The third-order valence-electron chi connectivity index (χ3n) is 5.28. The van der Waals surface area contributed by atoms with Crippen molar-refractivity contribution < 1.29 is 0 Å². The molecule has 0 spiro atoms. The van der Waals surface area contributed by atoms with Crippen LogP contribution in [-0.4, -0.2) is 16.1 Å². The van der Waals surface area contributed by atoms with Gasteiger partial charge in [-0.1, -0.05) is 41.5 Å². The summed E-state index contributed by atoms with van der Waals surface area (Å²) in [4.78, 5) is 0. The molecule has 0 aliphatic carbocycles. The Morgan fingerprint density at radius 3 is 0.731 bits per heavy atom. The van der Waals surface area contributed by atoms with Gasteiger partial charge in [-0.05, 0) is 95.5 Å². The van der Waals surface area contributed by atoms with Gasteiger partial charge < -0.3 is 0 Å². The van der Waals surface area contributed by atoms with E-state index in [1.54, 1.807) is 0 Å². The van der Waals surface area contributed by atoms with E-state index in [1.807, 2.05) is 0 Å². The Morgan fingerprint density at radius 1 is 0.346 bits per heavy atom. The molecule has 0 atom stereocenters. The minimum absolute atomic E-state index is 1.19. The molecule has 0 heterocycles. The molecule has 0 aromatic rings. The lowest BCUT2D eigenvalue weighted by molar-refractivity contribution is 1.20. The van der Waals surface area contributed by atoms with Gasteiger partial charge in [0.05, 0.1) is 0 Å². The molecule has 134 valence electrons. The fourth-order valence-corrected chi connectivity index (χ4v) is 7.32. The van der Waals surface area contributed by atoms with Crippen LogP contribution in [0.1, 0.15) is 41.5 Å². The molecule has 0 amide bonds. The maximum atomic E-state index is 3.41. The monoisotopic (exact) mass is 374 g/mol. The zero-order valence-electron chi connectivity index (χ0n) is 17.2. The van der Waals surface area contributed by atoms with Crippen LogP contribution >= 0.6 is 0 Å². The second kappa shape index (κ2) is 14.0. The van der Waals surface area contributed by atoms with E-state index in [9.17, 15) is 0 Å². The Balaban J connectivity index is 4.78. The van der Waals surface area contributed by atoms with Crippen LogP contribution < -0.4 is 0 Å². The molecule has 0 rings (SSSR count). The summed E-state index contributed by atoms with van der Waals surface area (Å²) in [6.45, 7) is 13.4. The normalized spacial score (nSPS) is 9.00. The van der Waals surface area contributed by atoms with Crippen molar-refractivity contribution in [3.63, 3.8) is 0 Å². The molecule has 0 saturated heterocycles. The van der Waals surface area contributed by atoms with E-state index in [4.69, 9.17) is 0 Å². The van der Waals surface area contributed by atoms with Gasteiger partial charge in [-0.3, -0.25) is 0 Å². The zero-order valence-corrected chi connectivity index (χ0v) is 19.2. The SMILES string of the molecule is CC[Si](C#CC#CC#CC#CC#CC#C[Si](CC)(CC)CC)(CC)CC. The lowest BCUT2D eigenvalue weighted by Gasteiger charge is -2.19. The standard InChI is InChI=1S/C24H30Si2/c1-7-25(8-2,9-3)23-21-19-17-15-13-14-16-18-20-22-24-26(10-4,11-5)12-6/h7-12H2,1-6H3. The van der Waals surface area contributed by atoms with Crippen molar-refractivity contribution in [2.75, 3.05) is 0 Å². The van der Waals surface area contributed by atoms with Crippen molar-refractivity contribution in [1.82, 2.24) is 0 Å². The van der Waals surface area contributed by atoms with Crippen LogP contribution in [0.4, 0.5) is 0 Å². The molecular weight excluding hydrogens is 344 g/mol. The molecule has 0 N–H and O–H groups in total. The van der Waals surface area contributed by atoms with Crippen LogP contribution in [0.2, 0.25) is 36.3 Å². The maximum Gasteiger partial charge on any atom is 0.139 e. The lowest BCUT2D eigenvalue weighted by atomic mass is 10.5. The molecule has 0 aromatic heterocycles. The Morgan fingerprint density at radius 2 is 0.538 bits per heavy atom. The summed E-state index contributed by atoms with van der Waals surface area (Å²) in [6.07, 6.45) is 0. The molecule has 26 heavy (non-hydrogen) atoms. The molecule has 0 aliphatic heterocycles. The molecule has 0 radical (unpaired) electrons. The largest absolute Gasteiger partial charge is 0.139 e. The highest BCUT2D eigenvalue weighted by atomic mass is 28.3. The minimum atomic E-state index is -1.40. The summed E-state index contributed by atoms with van der Waals surface area (Å²) in [6, 6.07) is 7.12. The Bertz CT molecular complexity index is 713. The first-order valence-corrected chi connectivity index (χ1v) is 14.9. The molecule has 2 heteroatoms. The minimum Gasteiger partial charge on any atom is -0.117 e. The quantitative estimate of drug-likeness (QED) is 0.448. The number of rotatable bonds is 6. The predicted octanol–water partition coefficient (Wildman–Crippen LogP) is 5.10. The highest BCUT2D eigenvalue weighted by Gasteiger charge is 2.24. The second-order valence-electron chi connectivity index (χ2n) is 6.18. The fraction of sp³-hybridized carbons (Fsp3) is 0.500. The van der Waals surface area contributed by atoms with Crippen LogP contribution in [-0.2, 0) is 0 Å². The van der Waals surface area contributed by atoms with Crippen molar-refractivity contribution in [3.8, 4) is 70.3 Å². The van der Waals surface area contributed by atoms with Crippen LogP contribution in [0.3, 0.4) is 0 Å². The molecule has 0 saturated carbocycles. The summed E-state index contributed by atoms with van der Waals surface area (Å²) >= 11 is 0. The average molecular weight is 375 g/mol. The van der Waals surface area contributed by atoms with E-state index in [0.29, 0.717) is 0 Å². The summed E-state index contributed by atoms with van der Waals surface area (Å²) in [7, 11) is -2.80. The van der Waals surface area contributed by atoms with Gasteiger partial charge in [-0.25, -0.2) is 0 Å². The highest BCUT2D eigenvalue weighted by Crippen LogP contribution is 2.19. The summed E-state index contributed by atoms with van der Waals surface area (Å²) in [5, 5.41) is 0. The molecule has 0 unspecified atom stereocenters. The Labute approximate surface area is 164 Å². The van der Waals surface area contributed by atoms with Gasteiger partial charge in [-0.15, -0.1) is 11.1 Å². The smallest absolute Gasteiger partial charge is 0.117 e. The summed E-state index contributed by atoms with van der Waals surface area (Å²) in [5.74, 6) is 27.9. The van der Waals surface area contributed by atoms with Gasteiger partial charge in [-0.2, -0.15) is 0 Å². The van der Waals surface area contributed by atoms with Crippen LogP contribution in [0.15, 0.2) is 0 Å². The Kier molecular flexibility index (Phi) is 12.8. The van der Waals surface area contributed by atoms with Crippen molar-refractivity contribution in [2.45, 2.75) is 77.8 Å². The number of hydrogen-bond acceptors (Lipinski definition) is 0. The molecule has 0 aliphatic rings. The number of hydrogen-bond donors (Lipinski definition) is 0. The first-order chi connectivity index (χ1) is 12.6. The van der Waals surface area contributed by atoms with Gasteiger partial charge >= 0.3 is 0 Å². The molecular formula is C24H30Si2. The summed E-state index contributed by atoms with van der Waals surface area (Å²) in [5.41, 5.74) is 6.82. The molecule has 0 aromatic carbocycles. The molecule has 0 nitrogen and oxygen atoms in total. The van der Waals surface area contributed by atoms with Gasteiger partial charge in [0, 0.05) is 0 Å². The van der Waals surface area contributed by atoms with E-state index in [-0.39, 0.29) is 0 Å². The first kappa shape index (κ1) is 23.8. The lowest BCUT2D eigenvalue weighted by Crippen LogP contribution is -2.29. The van der Waals surface area contributed by atoms with Gasteiger partial charge in [0.2, 0.25) is 0 Å². The van der Waals surface area contributed by atoms with Crippen LogP contribution in [0.5, 0.6) is 0 Å². The highest BCUT2D eigenvalue weighted by molar-refractivity contribution is 6.87. The van der Waals surface area contributed by atoms with Crippen molar-refractivity contribution in [2.24, 2.45) is 0 Å². The van der Waals surface area contributed by atoms with Gasteiger partial charge in [0.1, 0.15) is 16.1 Å². The van der Waals surface area contributed by atoms with Crippen molar-refractivity contribution in [1.29, 1.82) is 0 Å². The van der Waals surface area contributed by atoms with Gasteiger partial charge in [0.15, 0.2) is 0 Å². The van der Waals surface area contributed by atoms with E-state index in [1.165, 1.54) is 36.3 Å². The van der Waals surface area contributed by atoms with Crippen LogP contribution in [0, 0.1) is 70.3 Å². The van der Waals surface area contributed by atoms with E-state index >= 15 is 0 Å². The topological polar surface area (TPSA) is 0 Å². The van der Waals surface area contributed by atoms with Crippen molar-refractivity contribution in [3.05, 3.63) is 0 Å². The third kappa shape index (κ3) is 8.76. The maximum absolute atomic E-state index is 3.41. The van der Waals surface area contributed by atoms with E-state index < -0.39 is 16.1 Å². The fourth-order valence-electron chi connectivity index (χ4n) is 2.61. The molecule has 0 bridgehead atoms. The zero-order chi connectivity index (χ0) is 19.7. The van der Waals surface area contributed by atoms with E-state index in [0.717, 1.165) is 0 Å². The average Bonchev–Trinajstić information content (AvgIpc) is 2.69. The van der Waals surface area contributed by atoms with Crippen molar-refractivity contribution >= 4 is 16.1 Å². The van der Waals surface area contributed by atoms with Crippen LogP contribution in [0.25, 0.3) is 0 Å².